The van der Waals surface area contributed by atoms with Crippen LogP contribution in [-0.2, 0) is 34.0 Å². The second-order valence-corrected chi connectivity index (χ2v) is 9.33. The van der Waals surface area contributed by atoms with Gasteiger partial charge in [0.25, 0.3) is 0 Å². The lowest BCUT2D eigenvalue weighted by Crippen LogP contribution is -2.47. The van der Waals surface area contributed by atoms with Crippen molar-refractivity contribution in [3.05, 3.63) is 47.8 Å². The third-order valence-electron chi connectivity index (χ3n) is 5.87. The molecule has 0 bridgehead atoms. The quantitative estimate of drug-likeness (QED) is 0.429. The summed E-state index contributed by atoms with van der Waals surface area (Å²) in [7, 11) is 0. The number of rotatable bonds is 6. The second-order valence-electron chi connectivity index (χ2n) is 9.33. The number of hydrogen-bond acceptors (Lipinski definition) is 7. The maximum Gasteiger partial charge on any atom is 0.490 e. The molecule has 1 aromatic heterocycles. The molecule has 4 rings (SSSR count). The molecule has 1 unspecified atom stereocenters. The number of nitrogens with one attached hydrogen (secondary N) is 1. The van der Waals surface area contributed by atoms with Crippen LogP contribution in [0.1, 0.15) is 24.1 Å². The van der Waals surface area contributed by atoms with Crippen molar-refractivity contribution in [2.24, 2.45) is 5.92 Å². The van der Waals surface area contributed by atoms with E-state index in [1.165, 1.54) is 24.9 Å². The first kappa shape index (κ1) is 33.5. The van der Waals surface area contributed by atoms with Crippen LogP contribution in [0.15, 0.2) is 36.5 Å². The molecule has 3 N–H and O–H groups in total. The molecule has 0 aliphatic carbocycles. The molecule has 1 amide bonds. The summed E-state index contributed by atoms with van der Waals surface area (Å²) >= 11 is 0. The standard InChI is InChI=1S/C20H28N6O.2C2HF3O2/c27-20-16-25(10-8-21-20)14-19-15-26(23-22-19)13-18-7-4-9-24(12-18)11-17-5-2-1-3-6-17;2*3-2(4,5)1(6)7/h1-3,5-6,15,18H,4,7-14,16H2,(H,21,27);2*(H,6,7). The minimum Gasteiger partial charge on any atom is -0.475 e. The van der Waals surface area contributed by atoms with Gasteiger partial charge in [-0.1, -0.05) is 35.5 Å². The van der Waals surface area contributed by atoms with Gasteiger partial charge in [0, 0.05) is 45.5 Å². The van der Waals surface area contributed by atoms with Crippen LogP contribution in [0.25, 0.3) is 0 Å². The number of halogens is 6. The van der Waals surface area contributed by atoms with Crippen molar-refractivity contribution < 1.29 is 50.9 Å². The SMILES string of the molecule is O=C(O)C(F)(F)F.O=C(O)C(F)(F)F.O=C1CN(Cc2cn(CC3CCCN(Cc4ccccc4)C3)nn2)CCN1. The van der Waals surface area contributed by atoms with Crippen LogP contribution in [0.2, 0.25) is 0 Å². The molecule has 1 atom stereocenters. The van der Waals surface area contributed by atoms with E-state index in [1.807, 2.05) is 10.9 Å². The summed E-state index contributed by atoms with van der Waals surface area (Å²) in [6, 6.07) is 10.7. The number of nitrogens with zero attached hydrogens (tertiary/aromatic N) is 5. The average Bonchev–Trinajstić information content (AvgIpc) is 3.31. The van der Waals surface area contributed by atoms with Gasteiger partial charge in [0.15, 0.2) is 0 Å². The van der Waals surface area contributed by atoms with Gasteiger partial charge in [0.1, 0.15) is 0 Å². The lowest BCUT2D eigenvalue weighted by molar-refractivity contribution is -0.193. The van der Waals surface area contributed by atoms with Crippen molar-refractivity contribution in [2.75, 3.05) is 32.7 Å². The summed E-state index contributed by atoms with van der Waals surface area (Å²) in [6.07, 6.45) is -5.64. The zero-order valence-electron chi connectivity index (χ0n) is 21.7. The number of amides is 1. The Morgan fingerprint density at radius 1 is 0.951 bits per heavy atom. The van der Waals surface area contributed by atoms with Gasteiger partial charge in [-0.25, -0.2) is 9.59 Å². The third-order valence-corrected chi connectivity index (χ3v) is 5.87. The number of carbonyl (C=O) groups is 3. The van der Waals surface area contributed by atoms with Gasteiger partial charge >= 0.3 is 24.3 Å². The van der Waals surface area contributed by atoms with E-state index in [0.717, 1.165) is 31.9 Å². The molecule has 1 aromatic carbocycles. The number of piperazine rings is 1. The highest BCUT2D eigenvalue weighted by atomic mass is 19.4. The van der Waals surface area contributed by atoms with E-state index < -0.39 is 24.3 Å². The topological polar surface area (TPSA) is 141 Å². The first-order chi connectivity index (χ1) is 19.1. The number of piperidine rings is 1. The lowest BCUT2D eigenvalue weighted by Gasteiger charge is -2.32. The number of carboxylic acids is 2. The molecule has 11 nitrogen and oxygen atoms in total. The van der Waals surface area contributed by atoms with E-state index in [9.17, 15) is 31.1 Å². The molecule has 2 aliphatic heterocycles. The van der Waals surface area contributed by atoms with Gasteiger partial charge in [-0.05, 0) is 30.9 Å². The maximum atomic E-state index is 11.5. The summed E-state index contributed by atoms with van der Waals surface area (Å²) < 4.78 is 65.5. The van der Waals surface area contributed by atoms with E-state index in [4.69, 9.17) is 19.8 Å². The fourth-order valence-electron chi connectivity index (χ4n) is 4.11. The number of carbonyl (C=O) groups excluding carboxylic acids is 1. The molecule has 0 saturated carbocycles. The number of alkyl halides is 6. The van der Waals surface area contributed by atoms with E-state index in [-0.39, 0.29) is 5.91 Å². The molecule has 228 valence electrons. The predicted octanol–water partition coefficient (Wildman–Crippen LogP) is 2.39. The molecule has 2 aliphatic rings. The number of hydrogen-bond donors (Lipinski definition) is 3. The summed E-state index contributed by atoms with van der Waals surface area (Å²) in [6.45, 7) is 6.95. The molecule has 2 saturated heterocycles. The van der Waals surface area contributed by atoms with Crippen molar-refractivity contribution in [1.82, 2.24) is 30.1 Å². The van der Waals surface area contributed by atoms with E-state index >= 15 is 0 Å². The van der Waals surface area contributed by atoms with Crippen LogP contribution in [0.4, 0.5) is 26.3 Å². The second kappa shape index (κ2) is 15.3. The first-order valence-corrected chi connectivity index (χ1v) is 12.4. The largest absolute Gasteiger partial charge is 0.490 e. The lowest BCUT2D eigenvalue weighted by atomic mass is 9.97. The minimum atomic E-state index is -5.08. The van der Waals surface area contributed by atoms with Crippen LogP contribution in [0.5, 0.6) is 0 Å². The summed E-state index contributed by atoms with van der Waals surface area (Å²) in [5.74, 6) is -4.81. The van der Waals surface area contributed by atoms with Gasteiger partial charge in [-0.3, -0.25) is 19.3 Å². The van der Waals surface area contributed by atoms with Crippen LogP contribution >= 0.6 is 0 Å². The number of aliphatic carboxylic acids is 2. The molecule has 2 aromatic rings. The normalized spacial score (nSPS) is 18.3. The van der Waals surface area contributed by atoms with Crippen LogP contribution in [-0.4, -0.2) is 97.9 Å². The van der Waals surface area contributed by atoms with Crippen molar-refractivity contribution in [2.45, 2.75) is 44.8 Å². The van der Waals surface area contributed by atoms with Gasteiger partial charge in [0.2, 0.25) is 5.91 Å². The Balaban J connectivity index is 0.000000349. The highest BCUT2D eigenvalue weighted by Gasteiger charge is 2.38. The van der Waals surface area contributed by atoms with Gasteiger partial charge < -0.3 is 15.5 Å². The zero-order valence-corrected chi connectivity index (χ0v) is 21.7. The third kappa shape index (κ3) is 13.0. The summed E-state index contributed by atoms with van der Waals surface area (Å²) in [4.78, 5) is 34.0. The first-order valence-electron chi connectivity index (χ1n) is 12.4. The predicted molar refractivity (Wildman–Crippen MR) is 130 cm³/mol. The highest BCUT2D eigenvalue weighted by Crippen LogP contribution is 2.20. The fraction of sp³-hybridized carbons (Fsp3) is 0.542. The minimum absolute atomic E-state index is 0.0920. The van der Waals surface area contributed by atoms with Crippen molar-refractivity contribution in [3.63, 3.8) is 0 Å². The Bertz CT molecular complexity index is 1100. The average molecular weight is 597 g/mol. The molecule has 41 heavy (non-hydrogen) atoms. The summed E-state index contributed by atoms with van der Waals surface area (Å²) in [5.41, 5.74) is 2.33. The maximum absolute atomic E-state index is 11.5. The Morgan fingerprint density at radius 2 is 1.56 bits per heavy atom. The van der Waals surface area contributed by atoms with Gasteiger partial charge in [-0.2, -0.15) is 26.3 Å². The molecule has 3 heterocycles. The molecule has 0 spiro atoms. The smallest absolute Gasteiger partial charge is 0.475 e. The number of carboxylic acid groups (broad SMARTS) is 2. The molecule has 0 radical (unpaired) electrons. The molecular weight excluding hydrogens is 566 g/mol. The van der Waals surface area contributed by atoms with Crippen molar-refractivity contribution >= 4 is 17.8 Å². The van der Waals surface area contributed by atoms with Crippen LogP contribution in [0, 0.1) is 5.92 Å². The Morgan fingerprint density at radius 3 is 2.12 bits per heavy atom. The van der Waals surface area contributed by atoms with E-state index in [2.05, 4.69) is 55.8 Å². The highest BCUT2D eigenvalue weighted by molar-refractivity contribution is 5.78. The van der Waals surface area contributed by atoms with Crippen molar-refractivity contribution in [3.8, 4) is 0 Å². The van der Waals surface area contributed by atoms with Crippen LogP contribution in [0.3, 0.4) is 0 Å². The number of benzene rings is 1. The van der Waals surface area contributed by atoms with E-state index in [1.54, 1.807) is 0 Å². The Hall–Kier alpha value is -3.73. The van der Waals surface area contributed by atoms with Crippen molar-refractivity contribution in [1.29, 1.82) is 0 Å². The molecule has 2 fully saturated rings. The Labute approximate surface area is 230 Å². The number of aromatic nitrogens is 3. The number of likely N-dealkylation sites (tertiary alicyclic amines) is 1. The Kier molecular flexibility index (Phi) is 12.5. The van der Waals surface area contributed by atoms with Crippen LogP contribution < -0.4 is 5.32 Å². The zero-order chi connectivity index (χ0) is 30.6. The van der Waals surface area contributed by atoms with Gasteiger partial charge in [0.05, 0.1) is 12.2 Å². The van der Waals surface area contributed by atoms with E-state index in [0.29, 0.717) is 25.6 Å². The molecular formula is C24H30F6N6O5. The monoisotopic (exact) mass is 596 g/mol. The van der Waals surface area contributed by atoms with Gasteiger partial charge in [-0.15, -0.1) is 5.10 Å². The fourth-order valence-corrected chi connectivity index (χ4v) is 4.11. The summed E-state index contributed by atoms with van der Waals surface area (Å²) in [5, 5.41) is 25.7. The molecule has 17 heteroatoms.